The van der Waals surface area contributed by atoms with Crippen LogP contribution in [-0.4, -0.2) is 5.84 Å². The lowest BCUT2D eigenvalue weighted by Gasteiger charge is -2.34. The molecule has 1 aliphatic carbocycles. The van der Waals surface area contributed by atoms with Gasteiger partial charge in [0, 0.05) is 11.1 Å². The fraction of sp³-hybridized carbons (Fsp3) is 0.0308. The van der Waals surface area contributed by atoms with Crippen LogP contribution >= 0.6 is 0 Å². The van der Waals surface area contributed by atoms with E-state index in [1.807, 2.05) is 0 Å². The van der Waals surface area contributed by atoms with E-state index in [0.717, 1.165) is 44.9 Å². The maximum absolute atomic E-state index is 5.46. The average molecular weight is 855 g/mol. The van der Waals surface area contributed by atoms with E-state index in [-0.39, 0.29) is 6.04 Å². The third kappa shape index (κ3) is 7.21. The van der Waals surface area contributed by atoms with E-state index < -0.39 is 5.41 Å². The standard InChI is InChI=1S/C65H46N2/c1-6-21-45(22-7-1)52-41-53(46-23-8-2-9-24-46)43-54(42-52)62-44-61(47-25-10-3-11-26-47)66-64(67-62)51-30-19-28-49(40-51)48-27-18-29-50(39-48)57-36-20-38-60-63(57)58-35-16-17-37-59(58)65(60,55-31-12-4-13-32-55)56-33-14-5-15-34-56/h1-44,61H,(H,66,67). The second-order valence-electron chi connectivity index (χ2n) is 17.5. The Morgan fingerprint density at radius 1 is 0.328 bits per heavy atom. The molecule has 67 heavy (non-hydrogen) atoms. The van der Waals surface area contributed by atoms with Crippen molar-refractivity contribution < 1.29 is 0 Å². The highest BCUT2D eigenvalue weighted by atomic mass is 15.0. The van der Waals surface area contributed by atoms with E-state index in [1.165, 1.54) is 61.2 Å². The van der Waals surface area contributed by atoms with Gasteiger partial charge in [-0.05, 0) is 120 Å². The largest absolute Gasteiger partial charge is 0.359 e. The van der Waals surface area contributed by atoms with Crippen molar-refractivity contribution in [1.82, 2.24) is 5.32 Å². The molecule has 0 spiro atoms. The van der Waals surface area contributed by atoms with Gasteiger partial charge in [-0.1, -0.05) is 231 Å². The van der Waals surface area contributed by atoms with Gasteiger partial charge in [-0.25, -0.2) is 4.99 Å². The molecule has 0 saturated heterocycles. The number of rotatable bonds is 9. The first-order valence-electron chi connectivity index (χ1n) is 23.1. The van der Waals surface area contributed by atoms with Gasteiger partial charge in [-0.2, -0.15) is 0 Å². The number of benzene rings is 10. The number of nitrogens with zero attached hydrogens (tertiary/aromatic N) is 1. The number of hydrogen-bond acceptors (Lipinski definition) is 2. The monoisotopic (exact) mass is 854 g/mol. The third-order valence-electron chi connectivity index (χ3n) is 13.6. The number of fused-ring (bicyclic) bond motifs is 3. The van der Waals surface area contributed by atoms with Crippen molar-refractivity contribution in [3.05, 3.63) is 306 Å². The van der Waals surface area contributed by atoms with Gasteiger partial charge < -0.3 is 5.32 Å². The van der Waals surface area contributed by atoms with Crippen molar-refractivity contribution in [3.63, 3.8) is 0 Å². The van der Waals surface area contributed by atoms with Crippen LogP contribution in [0.4, 0.5) is 0 Å². The Morgan fingerprint density at radius 3 is 1.39 bits per heavy atom. The zero-order chi connectivity index (χ0) is 44.6. The lowest BCUT2D eigenvalue weighted by Crippen LogP contribution is -2.31. The smallest absolute Gasteiger partial charge is 0.134 e. The highest BCUT2D eigenvalue weighted by molar-refractivity contribution is 6.04. The summed E-state index contributed by atoms with van der Waals surface area (Å²) in [4.78, 5) is 5.46. The van der Waals surface area contributed by atoms with Gasteiger partial charge >= 0.3 is 0 Å². The van der Waals surface area contributed by atoms with Crippen molar-refractivity contribution in [2.45, 2.75) is 11.5 Å². The maximum atomic E-state index is 5.46. The third-order valence-corrected chi connectivity index (χ3v) is 13.6. The second-order valence-corrected chi connectivity index (χ2v) is 17.5. The Kier molecular flexibility index (Phi) is 10.2. The summed E-state index contributed by atoms with van der Waals surface area (Å²) in [6.45, 7) is 0. The average Bonchev–Trinajstić information content (AvgIpc) is 3.73. The molecule has 0 radical (unpaired) electrons. The van der Waals surface area contributed by atoms with E-state index in [9.17, 15) is 0 Å². The molecule has 2 heteroatoms. The van der Waals surface area contributed by atoms with E-state index in [0.29, 0.717) is 0 Å². The summed E-state index contributed by atoms with van der Waals surface area (Å²) in [5, 5.41) is 3.84. The SMILES string of the molecule is C1=C(c2cc(-c3ccccc3)cc(-c3ccccc3)c2)N=C(c2cccc(-c3cccc(-c4cccc5c4-c4ccccc4C5(c4ccccc4)c4ccccc4)c3)c2)NC1c1ccccc1. The fourth-order valence-corrected chi connectivity index (χ4v) is 10.5. The molecule has 2 nitrogen and oxygen atoms in total. The molecule has 10 aromatic carbocycles. The molecule has 0 bridgehead atoms. The van der Waals surface area contributed by atoms with Crippen LogP contribution in [0.5, 0.6) is 0 Å². The highest BCUT2D eigenvalue weighted by Gasteiger charge is 2.46. The van der Waals surface area contributed by atoms with Gasteiger partial charge in [0.25, 0.3) is 0 Å². The van der Waals surface area contributed by atoms with Crippen LogP contribution in [-0.2, 0) is 5.41 Å². The van der Waals surface area contributed by atoms with Gasteiger partial charge in [0.05, 0.1) is 17.2 Å². The zero-order valence-corrected chi connectivity index (χ0v) is 36.9. The molecule has 0 saturated carbocycles. The molecule has 1 unspecified atom stereocenters. The lowest BCUT2D eigenvalue weighted by molar-refractivity contribution is 0.768. The molecule has 2 aliphatic rings. The number of hydrogen-bond donors (Lipinski definition) is 1. The molecule has 316 valence electrons. The van der Waals surface area contributed by atoms with E-state index in [2.05, 4.69) is 272 Å². The molecule has 0 fully saturated rings. The summed E-state index contributed by atoms with van der Waals surface area (Å²) < 4.78 is 0. The van der Waals surface area contributed by atoms with Gasteiger partial charge in [0.2, 0.25) is 0 Å². The molecule has 0 amide bonds. The van der Waals surface area contributed by atoms with Crippen LogP contribution in [0.3, 0.4) is 0 Å². The normalized spacial score (nSPS) is 14.5. The van der Waals surface area contributed by atoms with Gasteiger partial charge in [-0.15, -0.1) is 0 Å². The van der Waals surface area contributed by atoms with Crippen LogP contribution in [0.25, 0.3) is 61.3 Å². The Hall–Kier alpha value is -8.59. The topological polar surface area (TPSA) is 24.4 Å². The lowest BCUT2D eigenvalue weighted by atomic mass is 9.67. The van der Waals surface area contributed by atoms with E-state index in [1.54, 1.807) is 0 Å². The minimum atomic E-state index is -0.457. The molecule has 1 N–H and O–H groups in total. The number of nitrogens with one attached hydrogen (secondary N) is 1. The minimum absolute atomic E-state index is 0.0850. The Labute approximate surface area is 393 Å². The molecule has 12 rings (SSSR count). The summed E-state index contributed by atoms with van der Waals surface area (Å²) in [6.07, 6.45) is 2.27. The van der Waals surface area contributed by atoms with Crippen molar-refractivity contribution in [2.24, 2.45) is 4.99 Å². The quantitative estimate of drug-likeness (QED) is 0.154. The molecular weight excluding hydrogens is 809 g/mol. The maximum Gasteiger partial charge on any atom is 0.134 e. The Bertz CT molecular complexity index is 3370. The van der Waals surface area contributed by atoms with Crippen molar-refractivity contribution in [3.8, 4) is 55.6 Å². The molecule has 1 heterocycles. The summed E-state index contributed by atoms with van der Waals surface area (Å²) in [6, 6.07) is 94.5. The second kappa shape index (κ2) is 17.1. The predicted molar refractivity (Wildman–Crippen MR) is 279 cm³/mol. The first kappa shape index (κ1) is 40.0. The first-order valence-corrected chi connectivity index (χ1v) is 23.1. The minimum Gasteiger partial charge on any atom is -0.359 e. The van der Waals surface area contributed by atoms with Gasteiger partial charge in [0.1, 0.15) is 5.84 Å². The summed E-state index contributed by atoms with van der Waals surface area (Å²) in [5.74, 6) is 0.839. The van der Waals surface area contributed by atoms with Crippen LogP contribution in [0, 0.1) is 0 Å². The molecule has 10 aromatic rings. The van der Waals surface area contributed by atoms with Crippen LogP contribution in [0.1, 0.15) is 45.0 Å². The van der Waals surface area contributed by atoms with Crippen LogP contribution in [0.15, 0.2) is 272 Å². The predicted octanol–water partition coefficient (Wildman–Crippen LogP) is 15.8. The molecule has 1 aliphatic heterocycles. The summed E-state index contributed by atoms with van der Waals surface area (Å²) >= 11 is 0. The zero-order valence-electron chi connectivity index (χ0n) is 36.9. The first-order chi connectivity index (χ1) is 33.2. The van der Waals surface area contributed by atoms with Crippen molar-refractivity contribution >= 4 is 11.5 Å². The summed E-state index contributed by atoms with van der Waals surface area (Å²) in [5.41, 5.74) is 20.8. The van der Waals surface area contributed by atoms with Crippen molar-refractivity contribution in [2.75, 3.05) is 0 Å². The van der Waals surface area contributed by atoms with E-state index >= 15 is 0 Å². The highest BCUT2D eigenvalue weighted by Crippen LogP contribution is 2.58. The van der Waals surface area contributed by atoms with Crippen LogP contribution < -0.4 is 5.32 Å². The number of aliphatic imine (C=N–C) groups is 1. The van der Waals surface area contributed by atoms with Crippen LogP contribution in [0.2, 0.25) is 0 Å². The van der Waals surface area contributed by atoms with Crippen molar-refractivity contribution in [1.29, 1.82) is 0 Å². The van der Waals surface area contributed by atoms with E-state index in [4.69, 9.17) is 4.99 Å². The molecule has 0 aromatic heterocycles. The Balaban J connectivity index is 0.963. The van der Waals surface area contributed by atoms with Gasteiger partial charge in [-0.3, -0.25) is 0 Å². The van der Waals surface area contributed by atoms with Gasteiger partial charge in [0.15, 0.2) is 0 Å². The summed E-state index contributed by atoms with van der Waals surface area (Å²) in [7, 11) is 0. The molecular formula is C65H46N2. The Morgan fingerprint density at radius 2 is 0.761 bits per heavy atom. The number of amidine groups is 1. The fourth-order valence-electron chi connectivity index (χ4n) is 10.5. The molecule has 1 atom stereocenters.